The van der Waals surface area contributed by atoms with Crippen LogP contribution in [0.2, 0.25) is 5.02 Å². The summed E-state index contributed by atoms with van der Waals surface area (Å²) >= 11 is 5.71. The van der Waals surface area contributed by atoms with Crippen LogP contribution in [0.4, 0.5) is 19.3 Å². The largest absolute Gasteiger partial charge is 0.335 e. The van der Waals surface area contributed by atoms with Crippen molar-refractivity contribution in [2.45, 2.75) is 18.5 Å². The lowest BCUT2D eigenvalue weighted by atomic mass is 9.94. The molecular formula is C19H16ClF2N5O2. The quantitative estimate of drug-likeness (QED) is 0.679. The molecule has 2 amide bonds. The van der Waals surface area contributed by atoms with Gasteiger partial charge < -0.3 is 14.7 Å². The second-order valence-corrected chi connectivity index (χ2v) is 7.14. The van der Waals surface area contributed by atoms with Crippen molar-refractivity contribution in [3.8, 4) is 11.4 Å². The third-order valence-electron chi connectivity index (χ3n) is 4.65. The molecule has 1 saturated heterocycles. The monoisotopic (exact) mass is 419 g/mol. The smallest absolute Gasteiger partial charge is 0.322 e. The van der Waals surface area contributed by atoms with Crippen molar-refractivity contribution in [3.05, 3.63) is 59.5 Å². The molecule has 1 N–H and O–H groups in total. The number of nitrogens with zero attached hydrogens (tertiary/aromatic N) is 4. The normalized spacial score (nSPS) is 19.2. The molecule has 0 bridgehead atoms. The molecule has 1 atom stereocenters. The third-order valence-corrected chi connectivity index (χ3v) is 4.89. The van der Waals surface area contributed by atoms with Crippen molar-refractivity contribution in [3.63, 3.8) is 0 Å². The molecule has 3 aromatic rings. The molecule has 1 fully saturated rings. The summed E-state index contributed by atoms with van der Waals surface area (Å²) in [5.41, 5.74) is -1.39. The van der Waals surface area contributed by atoms with Crippen molar-refractivity contribution in [2.75, 3.05) is 18.4 Å². The first kappa shape index (κ1) is 19.3. The minimum absolute atomic E-state index is 0.0350. The average molecular weight is 420 g/mol. The Balaban J connectivity index is 1.50. The average Bonchev–Trinajstić information content (AvgIpc) is 3.22. The second kappa shape index (κ2) is 7.75. The Kier molecular flexibility index (Phi) is 5.14. The van der Waals surface area contributed by atoms with Crippen molar-refractivity contribution in [2.24, 2.45) is 0 Å². The molecule has 150 valence electrons. The lowest BCUT2D eigenvalue weighted by Gasteiger charge is -2.35. The standard InChI is InChI=1S/C19H16ClF2N5O2/c20-13-2-3-15(14(21)10-13)24-18(28)27-9-1-6-19(22,11-27)17-25-16(26-29-17)12-4-7-23-8-5-12/h2-5,7-8,10H,1,6,9,11H2,(H,24,28). The van der Waals surface area contributed by atoms with Crippen LogP contribution in [0.15, 0.2) is 47.2 Å². The van der Waals surface area contributed by atoms with Gasteiger partial charge in [0.1, 0.15) is 5.82 Å². The predicted octanol–water partition coefficient (Wildman–Crippen LogP) is 4.42. The Morgan fingerprint density at radius 2 is 2.07 bits per heavy atom. The van der Waals surface area contributed by atoms with E-state index in [1.807, 2.05) is 0 Å². The highest BCUT2D eigenvalue weighted by atomic mass is 35.5. The molecule has 0 saturated carbocycles. The van der Waals surface area contributed by atoms with Gasteiger partial charge in [-0.2, -0.15) is 4.98 Å². The number of likely N-dealkylation sites (tertiary alicyclic amines) is 1. The fraction of sp³-hybridized carbons (Fsp3) is 0.263. The van der Waals surface area contributed by atoms with Crippen LogP contribution in [0.3, 0.4) is 0 Å². The number of carbonyl (C=O) groups excluding carboxylic acids is 1. The van der Waals surface area contributed by atoms with Crippen LogP contribution in [-0.2, 0) is 5.67 Å². The number of aromatic nitrogens is 3. The minimum atomic E-state index is -1.99. The van der Waals surface area contributed by atoms with Gasteiger partial charge in [-0.15, -0.1) is 0 Å². The number of nitrogens with one attached hydrogen (secondary N) is 1. The fourth-order valence-electron chi connectivity index (χ4n) is 3.17. The van der Waals surface area contributed by atoms with Crippen LogP contribution in [0, 0.1) is 5.82 Å². The van der Waals surface area contributed by atoms with Crippen LogP contribution in [-0.4, -0.2) is 39.1 Å². The van der Waals surface area contributed by atoms with E-state index >= 15 is 4.39 Å². The maximum absolute atomic E-state index is 15.6. The summed E-state index contributed by atoms with van der Waals surface area (Å²) in [5.74, 6) is -0.628. The van der Waals surface area contributed by atoms with E-state index in [-0.39, 0.29) is 35.4 Å². The van der Waals surface area contributed by atoms with E-state index in [4.69, 9.17) is 16.1 Å². The summed E-state index contributed by atoms with van der Waals surface area (Å²) < 4.78 is 34.7. The van der Waals surface area contributed by atoms with Gasteiger partial charge in [0.25, 0.3) is 5.89 Å². The second-order valence-electron chi connectivity index (χ2n) is 6.70. The Bertz CT molecular complexity index is 1030. The maximum atomic E-state index is 15.6. The van der Waals surface area contributed by atoms with Gasteiger partial charge in [0.05, 0.1) is 12.2 Å². The van der Waals surface area contributed by atoms with Crippen LogP contribution in [0.25, 0.3) is 11.4 Å². The minimum Gasteiger partial charge on any atom is -0.335 e. The number of amides is 2. The highest BCUT2D eigenvalue weighted by Gasteiger charge is 2.44. The van der Waals surface area contributed by atoms with Gasteiger partial charge in [-0.1, -0.05) is 16.8 Å². The van der Waals surface area contributed by atoms with E-state index in [9.17, 15) is 9.18 Å². The Morgan fingerprint density at radius 1 is 1.28 bits per heavy atom. The number of anilines is 1. The zero-order valence-corrected chi connectivity index (χ0v) is 15.9. The SMILES string of the molecule is O=C(Nc1ccc(Cl)cc1F)N1CCCC(F)(c2nc(-c3ccncc3)no2)C1. The molecule has 2 aromatic heterocycles. The molecule has 1 aliphatic heterocycles. The topological polar surface area (TPSA) is 84.2 Å². The highest BCUT2D eigenvalue weighted by Crippen LogP contribution is 2.35. The predicted molar refractivity (Wildman–Crippen MR) is 102 cm³/mol. The number of hydrogen-bond donors (Lipinski definition) is 1. The number of benzene rings is 1. The van der Waals surface area contributed by atoms with Crippen molar-refractivity contribution >= 4 is 23.3 Å². The zero-order valence-electron chi connectivity index (χ0n) is 15.1. The Morgan fingerprint density at radius 3 is 2.83 bits per heavy atom. The van der Waals surface area contributed by atoms with E-state index < -0.39 is 17.5 Å². The molecule has 3 heterocycles. The lowest BCUT2D eigenvalue weighted by Crippen LogP contribution is -2.48. The van der Waals surface area contributed by atoms with Crippen LogP contribution >= 0.6 is 11.6 Å². The van der Waals surface area contributed by atoms with E-state index in [0.717, 1.165) is 6.07 Å². The lowest BCUT2D eigenvalue weighted by molar-refractivity contribution is 0.0333. The van der Waals surface area contributed by atoms with Gasteiger partial charge in [0, 0.05) is 29.5 Å². The van der Waals surface area contributed by atoms with Crippen molar-refractivity contribution in [1.82, 2.24) is 20.0 Å². The Hall–Kier alpha value is -3.07. The van der Waals surface area contributed by atoms with Crippen LogP contribution < -0.4 is 5.32 Å². The number of carbonyl (C=O) groups is 1. The van der Waals surface area contributed by atoms with Gasteiger partial charge in [-0.05, 0) is 43.2 Å². The summed E-state index contributed by atoms with van der Waals surface area (Å²) in [6.07, 6.45) is 3.66. The first-order valence-electron chi connectivity index (χ1n) is 8.89. The van der Waals surface area contributed by atoms with Gasteiger partial charge in [0.2, 0.25) is 11.5 Å². The summed E-state index contributed by atoms with van der Waals surface area (Å²) in [7, 11) is 0. The molecule has 29 heavy (non-hydrogen) atoms. The highest BCUT2D eigenvalue weighted by molar-refractivity contribution is 6.30. The van der Waals surface area contributed by atoms with Gasteiger partial charge >= 0.3 is 6.03 Å². The van der Waals surface area contributed by atoms with Gasteiger partial charge in [-0.25, -0.2) is 13.6 Å². The molecule has 0 aliphatic carbocycles. The van der Waals surface area contributed by atoms with E-state index in [2.05, 4.69) is 20.4 Å². The number of piperidine rings is 1. The molecule has 7 nitrogen and oxygen atoms in total. The third kappa shape index (κ3) is 4.04. The fourth-order valence-corrected chi connectivity index (χ4v) is 3.33. The first-order chi connectivity index (χ1) is 13.9. The molecule has 1 unspecified atom stereocenters. The first-order valence-corrected chi connectivity index (χ1v) is 9.27. The number of rotatable bonds is 3. The molecule has 1 aromatic carbocycles. The summed E-state index contributed by atoms with van der Waals surface area (Å²) in [5, 5.41) is 6.48. The number of urea groups is 1. The van der Waals surface area contributed by atoms with Crippen LogP contribution in [0.1, 0.15) is 18.7 Å². The number of pyridine rings is 1. The van der Waals surface area contributed by atoms with Gasteiger partial charge in [-0.3, -0.25) is 4.98 Å². The molecule has 4 rings (SSSR count). The van der Waals surface area contributed by atoms with E-state index in [1.54, 1.807) is 24.5 Å². The zero-order chi connectivity index (χ0) is 20.4. The van der Waals surface area contributed by atoms with Crippen molar-refractivity contribution < 1.29 is 18.1 Å². The van der Waals surface area contributed by atoms with E-state index in [1.165, 1.54) is 17.0 Å². The summed E-state index contributed by atoms with van der Waals surface area (Å²) in [6, 6.07) is 6.63. The number of halogens is 3. The van der Waals surface area contributed by atoms with E-state index in [0.29, 0.717) is 18.5 Å². The Labute approximate surface area is 169 Å². The van der Waals surface area contributed by atoms with Crippen LogP contribution in [0.5, 0.6) is 0 Å². The molecular weight excluding hydrogens is 404 g/mol. The van der Waals surface area contributed by atoms with Gasteiger partial charge in [0.15, 0.2) is 0 Å². The molecule has 1 aliphatic rings. The molecule has 0 radical (unpaired) electrons. The summed E-state index contributed by atoms with van der Waals surface area (Å²) in [4.78, 5) is 21.9. The molecule has 0 spiro atoms. The maximum Gasteiger partial charge on any atom is 0.322 e. The summed E-state index contributed by atoms with van der Waals surface area (Å²) in [6.45, 7) is 0.0318. The number of alkyl halides is 1. The molecule has 10 heteroatoms. The van der Waals surface area contributed by atoms with Crippen molar-refractivity contribution in [1.29, 1.82) is 0 Å². The number of hydrogen-bond acceptors (Lipinski definition) is 5.